The molecule has 3 rings (SSSR count). The molecule has 1 nitrogen and oxygen atoms in total. The van der Waals surface area contributed by atoms with Gasteiger partial charge in [0.05, 0.1) is 5.69 Å². The summed E-state index contributed by atoms with van der Waals surface area (Å²) in [7, 11) is 0. The molecule has 3 heteroatoms. The normalized spacial score (nSPS) is 17.9. The molecule has 0 spiro atoms. The van der Waals surface area contributed by atoms with Crippen LogP contribution in [0.3, 0.4) is 0 Å². The highest BCUT2D eigenvalue weighted by Gasteiger charge is 2.25. The van der Waals surface area contributed by atoms with Crippen molar-refractivity contribution < 1.29 is 0 Å². The number of para-hydroxylation sites is 1. The zero-order chi connectivity index (χ0) is 14.1. The number of aryl methyl sites for hydroxylation is 1. The summed E-state index contributed by atoms with van der Waals surface area (Å²) in [6.45, 7) is 2.31. The van der Waals surface area contributed by atoms with E-state index >= 15 is 0 Å². The van der Waals surface area contributed by atoms with Gasteiger partial charge in [-0.05, 0) is 65.0 Å². The van der Waals surface area contributed by atoms with Crippen molar-refractivity contribution >= 4 is 43.2 Å². The van der Waals surface area contributed by atoms with Crippen LogP contribution in [0.4, 0.5) is 11.4 Å². The van der Waals surface area contributed by atoms with Gasteiger partial charge < -0.3 is 4.90 Å². The Labute approximate surface area is 137 Å². The molecule has 20 heavy (non-hydrogen) atoms. The van der Waals surface area contributed by atoms with Crippen molar-refractivity contribution in [3.63, 3.8) is 0 Å². The molecular formula is C17H17Br2N. The van der Waals surface area contributed by atoms with Gasteiger partial charge in [-0.15, -0.1) is 0 Å². The fourth-order valence-corrected chi connectivity index (χ4v) is 3.85. The summed E-state index contributed by atoms with van der Waals surface area (Å²) in [5, 5.41) is 0.887. The van der Waals surface area contributed by atoms with Crippen molar-refractivity contribution in [1.82, 2.24) is 0 Å². The third-order valence-electron chi connectivity index (χ3n) is 3.95. The van der Waals surface area contributed by atoms with Gasteiger partial charge in [0.25, 0.3) is 0 Å². The molecule has 0 bridgehead atoms. The Morgan fingerprint density at radius 2 is 1.95 bits per heavy atom. The van der Waals surface area contributed by atoms with Crippen LogP contribution in [0.15, 0.2) is 46.9 Å². The van der Waals surface area contributed by atoms with Crippen LogP contribution in [0.2, 0.25) is 0 Å². The largest absolute Gasteiger partial charge is 0.337 e. The van der Waals surface area contributed by atoms with Crippen molar-refractivity contribution in [3.05, 3.63) is 58.1 Å². The van der Waals surface area contributed by atoms with Gasteiger partial charge in [-0.2, -0.15) is 0 Å². The average Bonchev–Trinajstić information content (AvgIpc) is 2.48. The van der Waals surface area contributed by atoms with Crippen LogP contribution in [0.1, 0.15) is 24.5 Å². The van der Waals surface area contributed by atoms with E-state index in [2.05, 4.69) is 86.1 Å². The molecule has 0 saturated heterocycles. The second-order valence-corrected chi connectivity index (χ2v) is 6.72. The molecule has 0 fully saturated rings. The second kappa shape index (κ2) is 5.90. The van der Waals surface area contributed by atoms with Crippen molar-refractivity contribution in [2.45, 2.75) is 31.1 Å². The summed E-state index contributed by atoms with van der Waals surface area (Å²) in [6, 6.07) is 15.9. The Morgan fingerprint density at radius 3 is 2.70 bits per heavy atom. The first-order valence-electron chi connectivity index (χ1n) is 6.92. The monoisotopic (exact) mass is 393 g/mol. The van der Waals surface area contributed by atoms with E-state index in [1.54, 1.807) is 0 Å². The van der Waals surface area contributed by atoms with Crippen LogP contribution in [-0.4, -0.2) is 6.04 Å². The van der Waals surface area contributed by atoms with E-state index in [0.29, 0.717) is 6.04 Å². The highest BCUT2D eigenvalue weighted by atomic mass is 79.9. The number of nitrogens with zero attached hydrogens (tertiary/aromatic N) is 1. The first-order chi connectivity index (χ1) is 9.70. The third kappa shape index (κ3) is 2.53. The minimum absolute atomic E-state index is 0.524. The molecule has 0 saturated carbocycles. The minimum atomic E-state index is 0.524. The number of halogens is 2. The van der Waals surface area contributed by atoms with E-state index in [-0.39, 0.29) is 0 Å². The second-order valence-electron chi connectivity index (χ2n) is 5.31. The maximum atomic E-state index is 3.74. The Bertz CT molecular complexity index is 624. The molecular weight excluding hydrogens is 378 g/mol. The molecule has 0 amide bonds. The van der Waals surface area contributed by atoms with E-state index in [0.717, 1.165) is 9.80 Å². The molecule has 2 aromatic carbocycles. The Hall–Kier alpha value is -0.800. The lowest BCUT2D eigenvalue weighted by atomic mass is 9.96. The van der Waals surface area contributed by atoms with Gasteiger partial charge in [0.15, 0.2) is 0 Å². The fraction of sp³-hybridized carbons (Fsp3) is 0.294. The van der Waals surface area contributed by atoms with Gasteiger partial charge in [0.2, 0.25) is 0 Å². The molecule has 1 aliphatic heterocycles. The van der Waals surface area contributed by atoms with Gasteiger partial charge in [0.1, 0.15) is 0 Å². The third-order valence-corrected chi connectivity index (χ3v) is 5.23. The summed E-state index contributed by atoms with van der Waals surface area (Å²) in [6.07, 6.45) is 2.37. The lowest BCUT2D eigenvalue weighted by molar-refractivity contribution is 0.617. The van der Waals surface area contributed by atoms with Crippen LogP contribution in [0.5, 0.6) is 0 Å². The van der Waals surface area contributed by atoms with Crippen LogP contribution in [0.25, 0.3) is 0 Å². The Kier molecular flexibility index (Phi) is 4.18. The zero-order valence-electron chi connectivity index (χ0n) is 11.4. The van der Waals surface area contributed by atoms with E-state index in [1.807, 2.05) is 0 Å². The zero-order valence-corrected chi connectivity index (χ0v) is 14.6. The summed E-state index contributed by atoms with van der Waals surface area (Å²) in [5.74, 6) is 0. The average molecular weight is 395 g/mol. The molecule has 0 aromatic heterocycles. The lowest BCUT2D eigenvalue weighted by Gasteiger charge is -2.37. The van der Waals surface area contributed by atoms with E-state index in [9.17, 15) is 0 Å². The highest BCUT2D eigenvalue weighted by Crippen LogP contribution is 2.40. The number of fused-ring (bicyclic) bond motifs is 1. The number of rotatable bonds is 2. The maximum Gasteiger partial charge on any atom is 0.0557 e. The van der Waals surface area contributed by atoms with Crippen molar-refractivity contribution in [2.75, 3.05) is 4.90 Å². The Balaban J connectivity index is 2.09. The number of hydrogen-bond donors (Lipinski definition) is 0. The SMILES string of the molecule is CC1CCc2ccccc2N1c1ccc(CBr)cc1Br. The van der Waals surface area contributed by atoms with Gasteiger partial charge in [-0.3, -0.25) is 0 Å². The number of hydrogen-bond acceptors (Lipinski definition) is 1. The van der Waals surface area contributed by atoms with Gasteiger partial charge >= 0.3 is 0 Å². The summed E-state index contributed by atoms with van der Waals surface area (Å²) in [5.41, 5.74) is 5.34. The number of alkyl halides is 1. The Morgan fingerprint density at radius 1 is 1.15 bits per heavy atom. The first kappa shape index (κ1) is 14.2. The van der Waals surface area contributed by atoms with Crippen molar-refractivity contribution in [3.8, 4) is 0 Å². The molecule has 0 aliphatic carbocycles. The van der Waals surface area contributed by atoms with Crippen molar-refractivity contribution in [2.24, 2.45) is 0 Å². The summed E-state index contributed by atoms with van der Waals surface area (Å²) < 4.78 is 1.16. The lowest BCUT2D eigenvalue weighted by Crippen LogP contribution is -2.33. The summed E-state index contributed by atoms with van der Waals surface area (Å²) in [4.78, 5) is 2.46. The van der Waals surface area contributed by atoms with Crippen LogP contribution in [0, 0.1) is 0 Å². The van der Waals surface area contributed by atoms with E-state index < -0.39 is 0 Å². The van der Waals surface area contributed by atoms with E-state index in [1.165, 1.54) is 35.3 Å². The number of benzene rings is 2. The predicted molar refractivity (Wildman–Crippen MR) is 93.1 cm³/mol. The first-order valence-corrected chi connectivity index (χ1v) is 8.83. The number of anilines is 2. The van der Waals surface area contributed by atoms with Gasteiger partial charge in [-0.1, -0.05) is 40.2 Å². The standard InChI is InChI=1S/C17H17Br2N/c1-12-6-8-14-4-2-3-5-16(14)20(12)17-9-7-13(11-18)10-15(17)19/h2-5,7,9-10,12H,6,8,11H2,1H3. The topological polar surface area (TPSA) is 3.24 Å². The maximum absolute atomic E-state index is 3.74. The quantitative estimate of drug-likeness (QED) is 0.580. The van der Waals surface area contributed by atoms with Crippen LogP contribution in [-0.2, 0) is 11.8 Å². The molecule has 104 valence electrons. The minimum Gasteiger partial charge on any atom is -0.337 e. The molecule has 0 radical (unpaired) electrons. The van der Waals surface area contributed by atoms with Crippen molar-refractivity contribution in [1.29, 1.82) is 0 Å². The molecule has 1 heterocycles. The smallest absolute Gasteiger partial charge is 0.0557 e. The van der Waals surface area contributed by atoms with Gasteiger partial charge in [0, 0.05) is 21.5 Å². The fourth-order valence-electron chi connectivity index (χ4n) is 2.88. The molecule has 0 N–H and O–H groups in total. The van der Waals surface area contributed by atoms with Gasteiger partial charge in [-0.25, -0.2) is 0 Å². The molecule has 1 unspecified atom stereocenters. The van der Waals surface area contributed by atoms with E-state index in [4.69, 9.17) is 0 Å². The molecule has 1 atom stereocenters. The van der Waals surface area contributed by atoms with Crippen LogP contribution < -0.4 is 4.90 Å². The highest BCUT2D eigenvalue weighted by molar-refractivity contribution is 9.10. The molecule has 2 aromatic rings. The predicted octanol–water partition coefficient (Wildman–Crippen LogP) is 5.82. The summed E-state index contributed by atoms with van der Waals surface area (Å²) >= 11 is 7.26. The molecule has 1 aliphatic rings. The van der Waals surface area contributed by atoms with Crippen LogP contribution >= 0.6 is 31.9 Å².